The highest BCUT2D eigenvalue weighted by molar-refractivity contribution is 6.00. The van der Waals surface area contributed by atoms with E-state index in [1.54, 1.807) is 61.0 Å². The summed E-state index contributed by atoms with van der Waals surface area (Å²) >= 11 is 0. The van der Waals surface area contributed by atoms with Gasteiger partial charge in [-0.1, -0.05) is 98.1 Å². The number of amides is 13. The van der Waals surface area contributed by atoms with Gasteiger partial charge in [0, 0.05) is 166 Å². The van der Waals surface area contributed by atoms with Crippen molar-refractivity contribution < 1.29 is 102 Å². The normalized spacial score (nSPS) is 19.9. The van der Waals surface area contributed by atoms with Crippen LogP contribution in [0.4, 0.5) is 0 Å². The van der Waals surface area contributed by atoms with Gasteiger partial charge in [0.1, 0.15) is 54.4 Å². The number of fused-ring (bicyclic) bond motifs is 1. The molecule has 140 heavy (non-hydrogen) atoms. The average molecular weight is 1950 g/mol. The number of aromatic nitrogens is 3. The number of aryl methyl sites for hydroxylation is 2. The largest absolute Gasteiger partial charge is 0.481 e. The summed E-state index contributed by atoms with van der Waals surface area (Å²) in [7, 11) is 2.73. The van der Waals surface area contributed by atoms with Gasteiger partial charge >= 0.3 is 23.9 Å². The zero-order valence-corrected chi connectivity index (χ0v) is 80.3. The number of carboxylic acids is 4. The molecule has 13 amide bonds. The second-order valence-electron chi connectivity index (χ2n) is 36.0. The summed E-state index contributed by atoms with van der Waals surface area (Å²) in [4.78, 5) is 258. The molecule has 3 aliphatic rings. The number of hydrogen-bond donors (Lipinski definition) is 20. The number of carbonyl (C=O) groups excluding carboxylic acids is 13. The minimum atomic E-state index is -1.77. The number of imidazole rings is 1. The Kier molecular flexibility index (Phi) is 46.6. The summed E-state index contributed by atoms with van der Waals surface area (Å²) in [5.41, 5.74) is 16.0. The molecule has 45 nitrogen and oxygen atoms in total. The number of rotatable bonds is 44. The Hall–Kier alpha value is -13.5. The SMILES string of the molecule is CCCC[C@H](NC(=O)CN1CCC(NC(=O)[C@H](CCCCNC(=O)CN2CCN(CC(=O)O)CCN(CC(=O)O)CCN(CC(=O)O)CC2)NC(=O)[C@H](CCC(=O)O)NC(=O)CCCc2ccc(C)cc2)CC1)C(=O)N[C@H]1CC(=O)NCCCC[C@@H](C(N)=O)N(C)C(=O)[C@H](Cc2c[nH]c3ccccc23)NC(=O)[C@H](CCCNC(=N)N)N(C)C(=O)[C@@H](Cc2ccccc2)NC(=O)[C@H](Cc2cnc[nH]2)NC1=O. The lowest BCUT2D eigenvalue weighted by Gasteiger charge is -2.34. The number of aliphatic carboxylic acids is 4. The fourth-order valence-corrected chi connectivity index (χ4v) is 17.1. The van der Waals surface area contributed by atoms with E-state index >= 15 is 24.0 Å². The second kappa shape index (κ2) is 58.4. The van der Waals surface area contributed by atoms with Crippen LogP contribution < -0.4 is 70.0 Å². The number of carboxylic acid groups (broad SMARTS) is 4. The van der Waals surface area contributed by atoms with Gasteiger partial charge in [0.25, 0.3) is 0 Å². The molecule has 22 N–H and O–H groups in total. The van der Waals surface area contributed by atoms with Crippen molar-refractivity contribution >= 4 is 118 Å². The molecule has 5 aromatic rings. The molecule has 3 fully saturated rings. The first kappa shape index (κ1) is 112. The van der Waals surface area contributed by atoms with E-state index in [-0.39, 0.29) is 226 Å². The first-order valence-corrected chi connectivity index (χ1v) is 47.9. The first-order valence-electron chi connectivity index (χ1n) is 47.9. The van der Waals surface area contributed by atoms with Crippen molar-refractivity contribution in [3.63, 3.8) is 0 Å². The standard InChI is InChI=1S/C95H140N24O21/c1-5-6-22-69(107-81(123)56-115-39-34-65(35-40-115)105-87(133)70(108-89(135)71(32-33-82(124)125)106-78(120)27-16-20-62-30-28-61(2)29-31-62)24-12-14-37-101-80(122)55-116-41-43-117(57-83(126)127)45-47-119(59-85(130)131)48-46-118(44-42-116)58-84(128)129)88(134)110-73-52-79(121)100-36-15-13-25-76(86(96)132)113(3)94(140)75(50-64-53-103-68-23-11-10-21-67(64)68)112-92(138)77(26-17-38-102-95(97)98)114(4)93(139)74(49-63-18-8-7-9-19-63)111-90(136)72(109-91(73)137)51-66-54-99-60-104-66/h7-11,18-19,21,23,28-31,53-54,60,65,69-77,103H,5-6,12-17,20,22,24-27,32-52,55-59H2,1-4H3,(H2,96,132)(H,99,104)(H,100,121)(H,101,122)(H,105,133)(H,106,120)(H,107,123)(H,108,135)(H,109,137)(H,110,134)(H,111,136)(H,112,138)(H,124,125)(H,126,127)(H,128,129)(H,130,131)(H4,97,98,102)/t69-,70-,71-,72-,73-,74+,75-,76-,77-/m0/s1. The van der Waals surface area contributed by atoms with Crippen LogP contribution in [-0.4, -0.2) is 369 Å². The van der Waals surface area contributed by atoms with Crippen molar-refractivity contribution in [3.05, 3.63) is 126 Å². The monoisotopic (exact) mass is 1950 g/mol. The lowest BCUT2D eigenvalue weighted by molar-refractivity contribution is -0.145. The summed E-state index contributed by atoms with van der Waals surface area (Å²) in [6, 6.07) is 10.3. The zero-order chi connectivity index (χ0) is 102. The number of benzene rings is 3. The molecule has 0 spiro atoms. The van der Waals surface area contributed by atoms with Gasteiger partial charge in [0.15, 0.2) is 5.96 Å². The van der Waals surface area contributed by atoms with Crippen LogP contribution in [0.3, 0.4) is 0 Å². The average Bonchev–Trinajstić information content (AvgIpc) is 1.56. The van der Waals surface area contributed by atoms with E-state index in [2.05, 4.69) is 73.4 Å². The molecule has 2 aromatic heterocycles. The van der Waals surface area contributed by atoms with Crippen molar-refractivity contribution in [1.29, 1.82) is 5.41 Å². The van der Waals surface area contributed by atoms with Crippen LogP contribution in [0.5, 0.6) is 0 Å². The lowest BCUT2D eigenvalue weighted by atomic mass is 10.00. The number of carbonyl (C=O) groups is 17. The number of nitrogens with zero attached hydrogens (tertiary/aromatic N) is 8. The summed E-state index contributed by atoms with van der Waals surface area (Å²) in [6.45, 7) is 4.25. The van der Waals surface area contributed by atoms with Crippen LogP contribution in [0.1, 0.15) is 150 Å². The number of para-hydroxylation sites is 1. The highest BCUT2D eigenvalue weighted by Crippen LogP contribution is 2.24. The van der Waals surface area contributed by atoms with Gasteiger partial charge < -0.3 is 110 Å². The van der Waals surface area contributed by atoms with Crippen LogP contribution >= 0.6 is 0 Å². The maximum absolute atomic E-state index is 15.5. The Balaban J connectivity index is 0.977. The van der Waals surface area contributed by atoms with Crippen LogP contribution in [0.2, 0.25) is 0 Å². The number of H-pyrrole nitrogens is 2. The van der Waals surface area contributed by atoms with Gasteiger partial charge in [0.2, 0.25) is 76.8 Å². The van der Waals surface area contributed by atoms with Crippen LogP contribution in [0.15, 0.2) is 97.6 Å². The highest BCUT2D eigenvalue weighted by atomic mass is 16.4. The Morgan fingerprint density at radius 2 is 1.07 bits per heavy atom. The Bertz CT molecular complexity index is 4930. The van der Waals surface area contributed by atoms with Crippen molar-refractivity contribution in [2.45, 2.75) is 216 Å². The minimum absolute atomic E-state index is 0.00659. The predicted molar refractivity (Wildman–Crippen MR) is 515 cm³/mol. The minimum Gasteiger partial charge on any atom is -0.481 e. The molecule has 5 heterocycles. The number of nitrogens with one attached hydrogen (secondary N) is 14. The van der Waals surface area contributed by atoms with Gasteiger partial charge in [-0.3, -0.25) is 111 Å². The van der Waals surface area contributed by atoms with Crippen molar-refractivity contribution in [2.75, 3.05) is 132 Å². The summed E-state index contributed by atoms with van der Waals surface area (Å²) in [5, 5.41) is 78.2. The third kappa shape index (κ3) is 39.4. The molecular weight excluding hydrogens is 1810 g/mol. The molecule has 766 valence electrons. The van der Waals surface area contributed by atoms with E-state index in [9.17, 15) is 78.0 Å². The van der Waals surface area contributed by atoms with E-state index in [0.717, 1.165) is 31.8 Å². The van der Waals surface area contributed by atoms with Gasteiger partial charge in [-0.05, 0) is 120 Å². The zero-order valence-electron chi connectivity index (χ0n) is 80.3. The topological polar surface area (TPSA) is 646 Å². The molecule has 3 aliphatic heterocycles. The molecule has 9 atom stereocenters. The Morgan fingerprint density at radius 3 is 1.69 bits per heavy atom. The molecule has 3 saturated heterocycles. The fraction of sp³-hybridized carbons (Fsp3) is 0.568. The lowest BCUT2D eigenvalue weighted by Crippen LogP contribution is -2.61. The maximum atomic E-state index is 15.5. The Morgan fingerprint density at radius 1 is 0.514 bits per heavy atom. The number of nitrogens with two attached hydrogens (primary N) is 2. The second-order valence-corrected chi connectivity index (χ2v) is 36.0. The van der Waals surface area contributed by atoms with Gasteiger partial charge in [-0.15, -0.1) is 0 Å². The molecule has 45 heteroatoms. The molecule has 8 rings (SSSR count). The number of aromatic amines is 2. The summed E-state index contributed by atoms with van der Waals surface area (Å²) in [5.74, 6) is -14.8. The quantitative estimate of drug-likeness (QED) is 0.0115. The van der Waals surface area contributed by atoms with Crippen molar-refractivity contribution in [3.8, 4) is 0 Å². The molecule has 0 saturated carbocycles. The highest BCUT2D eigenvalue weighted by Gasteiger charge is 2.41. The molecule has 0 aliphatic carbocycles. The molecule has 0 radical (unpaired) electrons. The summed E-state index contributed by atoms with van der Waals surface area (Å²) in [6.07, 6.45) is 5.56. The predicted octanol–water partition coefficient (Wildman–Crippen LogP) is -1.87. The number of guanidine groups is 1. The van der Waals surface area contributed by atoms with E-state index < -0.39 is 174 Å². The van der Waals surface area contributed by atoms with Crippen LogP contribution in [-0.2, 0) is 107 Å². The third-order valence-corrected chi connectivity index (χ3v) is 25.0. The summed E-state index contributed by atoms with van der Waals surface area (Å²) < 4.78 is 0. The number of likely N-dealkylation sites (tertiary alicyclic amines) is 1. The number of unbranched alkanes of at least 4 members (excludes halogenated alkanes) is 2. The van der Waals surface area contributed by atoms with Crippen molar-refractivity contribution in [2.24, 2.45) is 11.5 Å². The van der Waals surface area contributed by atoms with Gasteiger partial charge in [-0.2, -0.15) is 0 Å². The molecule has 0 unspecified atom stereocenters. The number of hydrogen-bond acceptors (Lipinski definition) is 24. The van der Waals surface area contributed by atoms with Crippen LogP contribution in [0, 0.1) is 12.3 Å². The third-order valence-electron chi connectivity index (χ3n) is 25.0. The van der Waals surface area contributed by atoms with Gasteiger partial charge in [-0.25, -0.2) is 4.98 Å². The van der Waals surface area contributed by atoms with E-state index in [4.69, 9.17) is 16.9 Å². The van der Waals surface area contributed by atoms with Gasteiger partial charge in [0.05, 0.1) is 45.5 Å². The van der Waals surface area contributed by atoms with Crippen molar-refractivity contribution in [1.82, 2.24) is 108 Å². The molecule has 3 aromatic carbocycles. The fourth-order valence-electron chi connectivity index (χ4n) is 17.1. The maximum Gasteiger partial charge on any atom is 0.317 e. The van der Waals surface area contributed by atoms with Crippen LogP contribution in [0.25, 0.3) is 10.9 Å². The Labute approximate surface area is 813 Å². The molecular formula is C95H140N24O21. The van der Waals surface area contributed by atoms with E-state index in [1.165, 1.54) is 26.6 Å². The van der Waals surface area contributed by atoms with E-state index in [0.29, 0.717) is 42.5 Å². The smallest absolute Gasteiger partial charge is 0.317 e. The van der Waals surface area contributed by atoms with E-state index in [1.807, 2.05) is 62.4 Å². The number of piperidine rings is 1. The number of likely N-dealkylation sites (N-methyl/N-ethyl adjacent to an activating group) is 2. The molecule has 0 bridgehead atoms. The first-order chi connectivity index (χ1) is 67.0. The number of primary amides is 1.